The Morgan fingerprint density at radius 2 is 1.65 bits per heavy atom. The zero-order valence-corrected chi connectivity index (χ0v) is 8.95. The van der Waals surface area contributed by atoms with Crippen molar-refractivity contribution < 1.29 is 0 Å². The minimum Gasteiger partial charge on any atom is -0.251 e. The summed E-state index contributed by atoms with van der Waals surface area (Å²) in [5.41, 5.74) is 1.14. The van der Waals surface area contributed by atoms with Crippen molar-refractivity contribution in [3.63, 3.8) is 0 Å². The summed E-state index contributed by atoms with van der Waals surface area (Å²) < 4.78 is 1.42. The second-order valence-electron chi connectivity index (χ2n) is 3.62. The fraction of sp³-hybridized carbons (Fsp3) is 0. The van der Waals surface area contributed by atoms with Crippen molar-refractivity contribution >= 4 is 5.65 Å². The molecule has 0 spiro atoms. The zero-order chi connectivity index (χ0) is 11.7. The van der Waals surface area contributed by atoms with Gasteiger partial charge in [-0.15, -0.1) is 0 Å². The average molecular weight is 223 g/mol. The van der Waals surface area contributed by atoms with Crippen LogP contribution in [0.1, 0.15) is 0 Å². The molecule has 0 saturated carbocycles. The molecule has 0 unspecified atom stereocenters. The number of rotatable bonds is 1. The van der Waals surface area contributed by atoms with E-state index in [4.69, 9.17) is 0 Å². The monoisotopic (exact) mass is 223 g/mol. The minimum absolute atomic E-state index is 0.311. The minimum atomic E-state index is -0.311. The Bertz CT molecular complexity index is 719. The predicted molar refractivity (Wildman–Crippen MR) is 64.7 cm³/mol. The van der Waals surface area contributed by atoms with Gasteiger partial charge >= 0.3 is 5.69 Å². The van der Waals surface area contributed by atoms with Crippen LogP contribution in [0.5, 0.6) is 0 Å². The molecule has 0 amide bonds. The number of nitrogens with zero attached hydrogens (tertiary/aromatic N) is 3. The molecule has 17 heavy (non-hydrogen) atoms. The first-order valence-electron chi connectivity index (χ1n) is 5.25. The highest BCUT2D eigenvalue weighted by Crippen LogP contribution is 2.12. The molecule has 82 valence electrons. The van der Waals surface area contributed by atoms with E-state index in [1.54, 1.807) is 18.3 Å². The smallest absolute Gasteiger partial charge is 0.251 e. The highest BCUT2D eigenvalue weighted by atomic mass is 16.1. The molecule has 0 atom stereocenters. The van der Waals surface area contributed by atoms with Crippen molar-refractivity contribution in [3.8, 4) is 11.4 Å². The van der Waals surface area contributed by atoms with Gasteiger partial charge in [-0.25, -0.2) is 9.78 Å². The van der Waals surface area contributed by atoms with Crippen LogP contribution in [0.3, 0.4) is 0 Å². The molecule has 3 rings (SSSR count). The maximum absolute atomic E-state index is 11.8. The van der Waals surface area contributed by atoms with Gasteiger partial charge in [0.05, 0.1) is 0 Å². The zero-order valence-electron chi connectivity index (χ0n) is 8.95. The van der Waals surface area contributed by atoms with E-state index in [2.05, 4.69) is 9.97 Å². The summed E-state index contributed by atoms with van der Waals surface area (Å²) >= 11 is 0. The van der Waals surface area contributed by atoms with E-state index in [1.807, 2.05) is 36.4 Å². The first-order valence-corrected chi connectivity index (χ1v) is 5.25. The van der Waals surface area contributed by atoms with Gasteiger partial charge < -0.3 is 0 Å². The van der Waals surface area contributed by atoms with Crippen LogP contribution in [0.2, 0.25) is 0 Å². The second-order valence-corrected chi connectivity index (χ2v) is 3.62. The van der Waals surface area contributed by atoms with Crippen LogP contribution in [-0.2, 0) is 0 Å². The van der Waals surface area contributed by atoms with Crippen LogP contribution in [-0.4, -0.2) is 14.4 Å². The van der Waals surface area contributed by atoms with E-state index in [0.717, 1.165) is 5.56 Å². The van der Waals surface area contributed by atoms with Gasteiger partial charge in [0.1, 0.15) is 5.65 Å². The van der Waals surface area contributed by atoms with Crippen LogP contribution < -0.4 is 5.69 Å². The maximum atomic E-state index is 11.8. The largest absolute Gasteiger partial charge is 0.355 e. The number of hydrogen-bond donors (Lipinski definition) is 0. The lowest BCUT2D eigenvalue weighted by Crippen LogP contribution is -2.18. The second kappa shape index (κ2) is 3.83. The number of aromatic nitrogens is 3. The highest BCUT2D eigenvalue weighted by molar-refractivity contribution is 5.56. The van der Waals surface area contributed by atoms with E-state index in [-0.39, 0.29) is 5.69 Å². The van der Waals surface area contributed by atoms with Gasteiger partial charge in [0.2, 0.25) is 0 Å². The molecule has 0 aliphatic carbocycles. The summed E-state index contributed by atoms with van der Waals surface area (Å²) in [6, 6.07) is 14.9. The summed E-state index contributed by atoms with van der Waals surface area (Å²) in [7, 11) is 0. The third-order valence-corrected chi connectivity index (χ3v) is 2.50. The number of fused-ring (bicyclic) bond motifs is 1. The Labute approximate surface area is 97.2 Å². The quantitative estimate of drug-likeness (QED) is 0.631. The predicted octanol–water partition coefficient (Wildman–Crippen LogP) is 1.76. The van der Waals surface area contributed by atoms with E-state index in [1.165, 1.54) is 4.40 Å². The molecular formula is C13H9N3O. The Morgan fingerprint density at radius 1 is 0.882 bits per heavy atom. The molecule has 2 heterocycles. The van der Waals surface area contributed by atoms with E-state index >= 15 is 0 Å². The molecule has 0 N–H and O–H groups in total. The Balaban J connectivity index is 2.30. The van der Waals surface area contributed by atoms with Gasteiger partial charge in [-0.05, 0) is 12.1 Å². The first kappa shape index (κ1) is 9.72. The summed E-state index contributed by atoms with van der Waals surface area (Å²) in [5, 5.41) is 0. The van der Waals surface area contributed by atoms with Crippen LogP contribution in [0.25, 0.3) is 17.0 Å². The molecular weight excluding hydrogens is 214 g/mol. The highest BCUT2D eigenvalue weighted by Gasteiger charge is 2.04. The topological polar surface area (TPSA) is 47.3 Å². The van der Waals surface area contributed by atoms with E-state index in [9.17, 15) is 4.79 Å². The van der Waals surface area contributed by atoms with Gasteiger partial charge in [0, 0.05) is 11.8 Å². The van der Waals surface area contributed by atoms with Crippen LogP contribution in [0, 0.1) is 0 Å². The molecule has 2 aromatic heterocycles. The van der Waals surface area contributed by atoms with Crippen LogP contribution in [0.15, 0.2) is 59.5 Å². The van der Waals surface area contributed by atoms with E-state index < -0.39 is 0 Å². The molecule has 0 aliphatic rings. The Morgan fingerprint density at radius 3 is 2.47 bits per heavy atom. The van der Waals surface area contributed by atoms with Crippen LogP contribution >= 0.6 is 0 Å². The third kappa shape index (κ3) is 1.69. The van der Waals surface area contributed by atoms with Crippen molar-refractivity contribution in [2.45, 2.75) is 0 Å². The third-order valence-electron chi connectivity index (χ3n) is 2.50. The summed E-state index contributed by atoms with van der Waals surface area (Å²) in [6.45, 7) is 0. The summed E-state index contributed by atoms with van der Waals surface area (Å²) in [4.78, 5) is 20.1. The number of hydrogen-bond acceptors (Lipinski definition) is 3. The molecule has 1 aromatic carbocycles. The molecule has 0 fully saturated rings. The van der Waals surface area contributed by atoms with Gasteiger partial charge in [-0.1, -0.05) is 36.4 Å². The average Bonchev–Trinajstić information content (AvgIpc) is 2.40. The van der Waals surface area contributed by atoms with Gasteiger partial charge in [0.25, 0.3) is 0 Å². The lowest BCUT2D eigenvalue weighted by molar-refractivity contribution is 0.948. The van der Waals surface area contributed by atoms with Crippen molar-refractivity contribution in [1.82, 2.24) is 14.4 Å². The van der Waals surface area contributed by atoms with Crippen LogP contribution in [0.4, 0.5) is 0 Å². The lowest BCUT2D eigenvalue weighted by atomic mass is 10.2. The lowest BCUT2D eigenvalue weighted by Gasteiger charge is -2.02. The van der Waals surface area contributed by atoms with Gasteiger partial charge in [-0.3, -0.25) is 4.40 Å². The Kier molecular flexibility index (Phi) is 2.19. The molecule has 0 bridgehead atoms. The fourth-order valence-electron chi connectivity index (χ4n) is 1.68. The summed E-state index contributed by atoms with van der Waals surface area (Å²) in [6.07, 6.45) is 1.66. The van der Waals surface area contributed by atoms with Crippen molar-refractivity contribution in [1.29, 1.82) is 0 Å². The first-order chi connectivity index (χ1) is 8.34. The summed E-state index contributed by atoms with van der Waals surface area (Å²) in [5.74, 6) is 0.460. The fourth-order valence-corrected chi connectivity index (χ4v) is 1.68. The van der Waals surface area contributed by atoms with Crippen molar-refractivity contribution in [3.05, 3.63) is 65.2 Å². The normalized spacial score (nSPS) is 10.6. The van der Waals surface area contributed by atoms with Crippen molar-refractivity contribution in [2.75, 3.05) is 0 Å². The number of benzene rings is 1. The molecule has 0 saturated heterocycles. The molecule has 4 heteroatoms. The molecule has 3 aromatic rings. The molecule has 0 radical (unpaired) electrons. The standard InChI is InChI=1S/C13H9N3O/c17-13-15-12(10-6-2-1-3-7-10)14-11-8-4-5-9-16(11)13/h1-9H. The van der Waals surface area contributed by atoms with E-state index in [0.29, 0.717) is 11.5 Å². The van der Waals surface area contributed by atoms with Gasteiger partial charge in [-0.2, -0.15) is 4.98 Å². The van der Waals surface area contributed by atoms with Gasteiger partial charge in [0.15, 0.2) is 5.82 Å². The Hall–Kier alpha value is -2.49. The molecule has 4 nitrogen and oxygen atoms in total. The van der Waals surface area contributed by atoms with Crippen molar-refractivity contribution in [2.24, 2.45) is 0 Å². The number of pyridine rings is 1. The SMILES string of the molecule is O=c1nc(-c2ccccc2)nc2ccccn12. The maximum Gasteiger partial charge on any atom is 0.355 e. The molecule has 0 aliphatic heterocycles.